The molecule has 1 aliphatic heterocycles. The molecule has 1 aliphatic rings. The molecule has 0 saturated heterocycles. The minimum atomic E-state index is 0. The number of hydrogen-bond donors (Lipinski definition) is 0. The van der Waals surface area contributed by atoms with E-state index in [1.807, 2.05) is 0 Å². The summed E-state index contributed by atoms with van der Waals surface area (Å²) in [7, 11) is 2.14. The van der Waals surface area contributed by atoms with Crippen molar-refractivity contribution >= 4 is 0 Å². The van der Waals surface area contributed by atoms with Gasteiger partial charge in [0.05, 0.1) is 0 Å². The van der Waals surface area contributed by atoms with Gasteiger partial charge in [0.15, 0.2) is 0 Å². The largest absolute Gasteiger partial charge is 0.495 e. The van der Waals surface area contributed by atoms with Crippen LogP contribution in [-0.4, -0.2) is 25.0 Å². The number of likely N-dealkylation sites (N-methyl/N-ethyl adjacent to an activating group) is 1. The molecule has 0 bridgehead atoms. The van der Waals surface area contributed by atoms with E-state index in [-0.39, 0.29) is 21.1 Å². The molecule has 1 nitrogen and oxygen atoms in total. The van der Waals surface area contributed by atoms with Crippen LogP contribution in [0.15, 0.2) is 5.57 Å². The molecule has 0 radical (unpaired) electrons. The summed E-state index contributed by atoms with van der Waals surface area (Å²) < 4.78 is 0. The van der Waals surface area contributed by atoms with Crippen molar-refractivity contribution in [2.75, 3.05) is 20.1 Å². The minimum Gasteiger partial charge on any atom is -0.495 e. The molecule has 0 aromatic rings. The second kappa shape index (κ2) is 4.24. The van der Waals surface area contributed by atoms with Crippen LogP contribution in [0.25, 0.3) is 0 Å². The van der Waals surface area contributed by atoms with Crippen LogP contribution >= 0.6 is 0 Å². The summed E-state index contributed by atoms with van der Waals surface area (Å²) in [5, 5.41) is 0. The molecule has 0 atom stereocenters. The summed E-state index contributed by atoms with van der Waals surface area (Å²) in [6.07, 6.45) is 4.40. The van der Waals surface area contributed by atoms with E-state index < -0.39 is 0 Å². The molecule has 0 saturated carbocycles. The molecule has 0 aliphatic carbocycles. The third-order valence-corrected chi connectivity index (χ3v) is 1.43. The molecular weight excluding hydrogens is 282 g/mol. The Labute approximate surface area is 71.4 Å². The fraction of sp³-hybridized carbons (Fsp3) is 0.714. The van der Waals surface area contributed by atoms with Crippen LogP contribution < -0.4 is 0 Å². The molecule has 0 aromatic carbocycles. The number of rotatable bonds is 0. The van der Waals surface area contributed by atoms with Crippen molar-refractivity contribution < 1.29 is 21.1 Å². The average molecular weight is 294 g/mol. The van der Waals surface area contributed by atoms with Crippen molar-refractivity contribution in [3.8, 4) is 0 Å². The van der Waals surface area contributed by atoms with E-state index in [0.29, 0.717) is 0 Å². The maximum atomic E-state index is 3.29. The Morgan fingerprint density at radius 2 is 2.22 bits per heavy atom. The smallest absolute Gasteiger partial charge is 0 e. The van der Waals surface area contributed by atoms with Crippen LogP contribution in [0.3, 0.4) is 0 Å². The number of hydrogen-bond acceptors (Lipinski definition) is 1. The maximum Gasteiger partial charge on any atom is 0 e. The van der Waals surface area contributed by atoms with Crippen LogP contribution in [0.1, 0.15) is 13.3 Å². The SMILES string of the molecule is CC1=[C-]CCN(C)C1.[W]. The Kier molecular flexibility index (Phi) is 4.43. The second-order valence-electron chi connectivity index (χ2n) is 2.44. The van der Waals surface area contributed by atoms with Gasteiger partial charge < -0.3 is 11.0 Å². The first-order valence-corrected chi connectivity index (χ1v) is 3.04. The Balaban J connectivity index is 0.000000640. The molecule has 9 heavy (non-hydrogen) atoms. The van der Waals surface area contributed by atoms with E-state index in [2.05, 4.69) is 24.9 Å². The van der Waals surface area contributed by atoms with Crippen molar-refractivity contribution in [1.29, 1.82) is 0 Å². The molecule has 0 aromatic heterocycles. The third-order valence-electron chi connectivity index (χ3n) is 1.43. The zero-order valence-electron chi connectivity index (χ0n) is 5.98. The van der Waals surface area contributed by atoms with Crippen molar-refractivity contribution in [2.45, 2.75) is 13.3 Å². The van der Waals surface area contributed by atoms with Gasteiger partial charge in [-0.15, -0.1) is 0 Å². The van der Waals surface area contributed by atoms with Gasteiger partial charge in [0.25, 0.3) is 0 Å². The van der Waals surface area contributed by atoms with Crippen LogP contribution in [0.5, 0.6) is 0 Å². The topological polar surface area (TPSA) is 3.24 Å². The predicted molar refractivity (Wildman–Crippen MR) is 34.5 cm³/mol. The molecule has 0 spiro atoms. The molecule has 2 heteroatoms. The quantitative estimate of drug-likeness (QED) is 0.604. The molecule has 1 rings (SSSR count). The maximum absolute atomic E-state index is 3.29. The van der Waals surface area contributed by atoms with Gasteiger partial charge in [-0.25, -0.2) is 5.57 Å². The van der Waals surface area contributed by atoms with E-state index in [4.69, 9.17) is 0 Å². The summed E-state index contributed by atoms with van der Waals surface area (Å²) >= 11 is 0. The summed E-state index contributed by atoms with van der Waals surface area (Å²) in [6, 6.07) is 0. The van der Waals surface area contributed by atoms with Gasteiger partial charge in [-0.3, -0.25) is 0 Å². The molecule has 0 N–H and O–H groups in total. The van der Waals surface area contributed by atoms with Gasteiger partial charge in [-0.2, -0.15) is 6.42 Å². The van der Waals surface area contributed by atoms with Gasteiger partial charge >= 0.3 is 0 Å². The fourth-order valence-electron chi connectivity index (χ4n) is 1.000. The molecule has 0 amide bonds. The van der Waals surface area contributed by atoms with Crippen molar-refractivity contribution in [2.24, 2.45) is 0 Å². The van der Waals surface area contributed by atoms with Crippen molar-refractivity contribution in [3.63, 3.8) is 0 Å². The zero-order chi connectivity index (χ0) is 5.98. The molecule has 0 fully saturated rings. The Morgan fingerprint density at radius 1 is 1.56 bits per heavy atom. The van der Waals surface area contributed by atoms with E-state index in [9.17, 15) is 0 Å². The van der Waals surface area contributed by atoms with E-state index in [0.717, 1.165) is 13.0 Å². The van der Waals surface area contributed by atoms with Crippen molar-refractivity contribution in [1.82, 2.24) is 4.90 Å². The van der Waals surface area contributed by atoms with Crippen LogP contribution in [0.2, 0.25) is 0 Å². The van der Waals surface area contributed by atoms with Crippen molar-refractivity contribution in [3.05, 3.63) is 11.6 Å². The first kappa shape index (κ1) is 9.39. The fourth-order valence-corrected chi connectivity index (χ4v) is 1.000. The zero-order valence-corrected chi connectivity index (χ0v) is 8.91. The third kappa shape index (κ3) is 3.17. The van der Waals surface area contributed by atoms with Gasteiger partial charge in [-0.1, -0.05) is 6.92 Å². The molecule has 0 unspecified atom stereocenters. The van der Waals surface area contributed by atoms with Gasteiger partial charge in [0.2, 0.25) is 0 Å². The first-order chi connectivity index (χ1) is 3.79. The molecule has 52 valence electrons. The summed E-state index contributed by atoms with van der Waals surface area (Å²) in [4.78, 5) is 2.31. The monoisotopic (exact) mass is 294 g/mol. The average Bonchev–Trinajstić information content (AvgIpc) is 1.64. The summed E-state index contributed by atoms with van der Waals surface area (Å²) in [5.41, 5.74) is 1.39. The second-order valence-corrected chi connectivity index (χ2v) is 2.44. The standard InChI is InChI=1S/C7H12N.W/c1-7-4-3-5-8(2)6-7;/h3,5-6H2,1-2H3;/q-1;. The number of nitrogens with zero attached hydrogens (tertiary/aromatic N) is 1. The van der Waals surface area contributed by atoms with E-state index in [1.54, 1.807) is 0 Å². The van der Waals surface area contributed by atoms with Crippen LogP contribution in [0, 0.1) is 6.08 Å². The Morgan fingerprint density at radius 3 is 2.56 bits per heavy atom. The molecular formula is C7H12NW-. The summed E-state index contributed by atoms with van der Waals surface area (Å²) in [5.74, 6) is 0. The van der Waals surface area contributed by atoms with Gasteiger partial charge in [-0.05, 0) is 20.1 Å². The minimum absolute atomic E-state index is 0. The Bertz CT molecular complexity index is 109. The summed E-state index contributed by atoms with van der Waals surface area (Å²) in [6.45, 7) is 4.42. The normalized spacial score (nSPS) is 20.4. The first-order valence-electron chi connectivity index (χ1n) is 3.04. The van der Waals surface area contributed by atoms with E-state index in [1.165, 1.54) is 12.1 Å². The van der Waals surface area contributed by atoms with Gasteiger partial charge in [0.1, 0.15) is 0 Å². The van der Waals surface area contributed by atoms with Gasteiger partial charge in [0, 0.05) is 21.1 Å². The van der Waals surface area contributed by atoms with Crippen LogP contribution in [-0.2, 0) is 21.1 Å². The predicted octanol–water partition coefficient (Wildman–Crippen LogP) is 1.07. The van der Waals surface area contributed by atoms with E-state index >= 15 is 0 Å². The van der Waals surface area contributed by atoms with Crippen LogP contribution in [0.4, 0.5) is 0 Å². The molecule has 1 heterocycles. The Hall–Kier alpha value is 0.388.